The van der Waals surface area contributed by atoms with E-state index < -0.39 is 5.97 Å². The first-order valence-electron chi connectivity index (χ1n) is 4.29. The van der Waals surface area contributed by atoms with Gasteiger partial charge in [-0.3, -0.25) is 4.79 Å². The fraction of sp³-hybridized carbons (Fsp3) is 0.273. The third-order valence-electron chi connectivity index (χ3n) is 1.85. The van der Waals surface area contributed by atoms with Crippen molar-refractivity contribution >= 4 is 5.97 Å². The van der Waals surface area contributed by atoms with Crippen LogP contribution in [0.1, 0.15) is 17.5 Å². The lowest BCUT2D eigenvalue weighted by Crippen LogP contribution is -2.08. The van der Waals surface area contributed by atoms with Crippen molar-refractivity contribution in [3.63, 3.8) is 0 Å². The molecule has 72 valence electrons. The molecule has 3 heteroatoms. The number of para-hydroxylation sites is 1. The first-order valence-corrected chi connectivity index (χ1v) is 4.29. The zero-order valence-corrected chi connectivity index (χ0v) is 8.20. The number of hydrogen-bond acceptors (Lipinski definition) is 3. The fourth-order valence-corrected chi connectivity index (χ4v) is 1.17. The lowest BCUT2D eigenvalue weighted by Gasteiger charge is -2.08. The molecule has 0 aromatic heterocycles. The van der Waals surface area contributed by atoms with Gasteiger partial charge in [-0.05, 0) is 25.0 Å². The molecule has 0 aliphatic heterocycles. The molecule has 0 unspecified atom stereocenters. The lowest BCUT2D eigenvalue weighted by molar-refractivity contribution is -0.133. The summed E-state index contributed by atoms with van der Waals surface area (Å²) in [5.41, 5.74) is 1.80. The number of rotatable bonds is 2. The van der Waals surface area contributed by atoms with Crippen molar-refractivity contribution in [2.24, 2.45) is 0 Å². The van der Waals surface area contributed by atoms with Gasteiger partial charge in [-0.15, -0.1) is 0 Å². The second-order valence-electron chi connectivity index (χ2n) is 3.03. The average molecular weight is 189 g/mol. The van der Waals surface area contributed by atoms with E-state index in [1.807, 2.05) is 32.0 Å². The van der Waals surface area contributed by atoms with Crippen molar-refractivity contribution in [3.8, 4) is 11.8 Å². The zero-order chi connectivity index (χ0) is 10.6. The van der Waals surface area contributed by atoms with Crippen molar-refractivity contribution in [3.05, 3.63) is 29.3 Å². The fourth-order valence-electron chi connectivity index (χ4n) is 1.17. The second-order valence-corrected chi connectivity index (χ2v) is 3.03. The van der Waals surface area contributed by atoms with Crippen LogP contribution in [-0.4, -0.2) is 5.97 Å². The van der Waals surface area contributed by atoms with E-state index >= 15 is 0 Å². The van der Waals surface area contributed by atoms with Gasteiger partial charge in [0.05, 0.1) is 6.07 Å². The summed E-state index contributed by atoms with van der Waals surface area (Å²) in [6.45, 7) is 3.73. The number of ether oxygens (including phenoxy) is 1. The van der Waals surface area contributed by atoms with E-state index in [2.05, 4.69) is 0 Å². The van der Waals surface area contributed by atoms with Crippen LogP contribution in [-0.2, 0) is 4.79 Å². The van der Waals surface area contributed by atoms with E-state index in [4.69, 9.17) is 10.00 Å². The largest absolute Gasteiger partial charge is 0.425 e. The molecule has 14 heavy (non-hydrogen) atoms. The van der Waals surface area contributed by atoms with Gasteiger partial charge in [-0.1, -0.05) is 18.2 Å². The van der Waals surface area contributed by atoms with Gasteiger partial charge in [0.15, 0.2) is 0 Å². The van der Waals surface area contributed by atoms with Crippen LogP contribution >= 0.6 is 0 Å². The molecule has 0 N–H and O–H groups in total. The maximum absolute atomic E-state index is 11.1. The quantitative estimate of drug-likeness (QED) is 0.529. The smallest absolute Gasteiger partial charge is 0.325 e. The minimum Gasteiger partial charge on any atom is -0.425 e. The summed E-state index contributed by atoms with van der Waals surface area (Å²) >= 11 is 0. The molecule has 0 aliphatic carbocycles. The van der Waals surface area contributed by atoms with E-state index in [-0.39, 0.29) is 6.42 Å². The lowest BCUT2D eigenvalue weighted by atomic mass is 10.1. The van der Waals surface area contributed by atoms with Crippen LogP contribution < -0.4 is 4.74 Å². The van der Waals surface area contributed by atoms with Gasteiger partial charge in [0.25, 0.3) is 0 Å². The molecule has 1 rings (SSSR count). The van der Waals surface area contributed by atoms with Crippen LogP contribution in [0.25, 0.3) is 0 Å². The summed E-state index contributed by atoms with van der Waals surface area (Å²) in [5.74, 6) is 0.0534. The molecule has 0 saturated carbocycles. The Morgan fingerprint density at radius 2 is 2.00 bits per heavy atom. The summed E-state index contributed by atoms with van der Waals surface area (Å²) in [5, 5.41) is 8.30. The molecular formula is C11H11NO2. The summed E-state index contributed by atoms with van der Waals surface area (Å²) in [7, 11) is 0. The van der Waals surface area contributed by atoms with Crippen molar-refractivity contribution in [1.82, 2.24) is 0 Å². The third kappa shape index (κ3) is 2.33. The minimum atomic E-state index is -0.509. The molecule has 0 fully saturated rings. The number of benzene rings is 1. The SMILES string of the molecule is Cc1cccc(C)c1OC(=O)CC#N. The molecule has 0 spiro atoms. The molecule has 1 aromatic rings. The Morgan fingerprint density at radius 1 is 1.43 bits per heavy atom. The Hall–Kier alpha value is -1.82. The van der Waals surface area contributed by atoms with Crippen molar-refractivity contribution in [2.75, 3.05) is 0 Å². The average Bonchev–Trinajstić information content (AvgIpc) is 2.12. The predicted octanol–water partition coefficient (Wildman–Crippen LogP) is 2.12. The Balaban J connectivity index is 2.87. The highest BCUT2D eigenvalue weighted by Crippen LogP contribution is 2.22. The summed E-state index contributed by atoms with van der Waals surface area (Å²) in [4.78, 5) is 11.1. The number of nitriles is 1. The second kappa shape index (κ2) is 4.43. The third-order valence-corrected chi connectivity index (χ3v) is 1.85. The van der Waals surface area contributed by atoms with Crippen LogP contribution in [0.15, 0.2) is 18.2 Å². The number of aryl methyl sites for hydroxylation is 2. The van der Waals surface area contributed by atoms with E-state index in [9.17, 15) is 4.79 Å². The molecule has 0 amide bonds. The Bertz CT molecular complexity index is 371. The summed E-state index contributed by atoms with van der Waals surface area (Å²) in [6.07, 6.45) is -0.215. The molecule has 0 saturated heterocycles. The Kier molecular flexibility index (Phi) is 3.24. The summed E-state index contributed by atoms with van der Waals surface area (Å²) in [6, 6.07) is 7.37. The van der Waals surface area contributed by atoms with Crippen LogP contribution in [0.5, 0.6) is 5.75 Å². The number of hydrogen-bond donors (Lipinski definition) is 0. The molecule has 0 atom stereocenters. The van der Waals surface area contributed by atoms with Gasteiger partial charge in [0.1, 0.15) is 12.2 Å². The predicted molar refractivity (Wildman–Crippen MR) is 51.8 cm³/mol. The maximum Gasteiger partial charge on any atom is 0.325 e. The normalized spacial score (nSPS) is 9.21. The van der Waals surface area contributed by atoms with E-state index in [1.165, 1.54) is 0 Å². The van der Waals surface area contributed by atoms with Crippen LogP contribution in [0.4, 0.5) is 0 Å². The van der Waals surface area contributed by atoms with E-state index in [0.717, 1.165) is 11.1 Å². The number of esters is 1. The molecule has 0 radical (unpaired) electrons. The minimum absolute atomic E-state index is 0.215. The first kappa shape index (κ1) is 10.3. The van der Waals surface area contributed by atoms with Gasteiger partial charge in [-0.25, -0.2) is 0 Å². The monoisotopic (exact) mass is 189 g/mol. The van der Waals surface area contributed by atoms with E-state index in [1.54, 1.807) is 6.07 Å². The Morgan fingerprint density at radius 3 is 2.50 bits per heavy atom. The highest BCUT2D eigenvalue weighted by molar-refractivity contribution is 5.75. The topological polar surface area (TPSA) is 50.1 Å². The first-order chi connectivity index (χ1) is 6.65. The van der Waals surface area contributed by atoms with Crippen LogP contribution in [0, 0.1) is 25.2 Å². The highest BCUT2D eigenvalue weighted by Gasteiger charge is 2.08. The molecule has 1 aromatic carbocycles. The number of nitrogens with zero attached hydrogens (tertiary/aromatic N) is 1. The van der Waals surface area contributed by atoms with Gasteiger partial charge in [-0.2, -0.15) is 5.26 Å². The number of carbonyl (C=O) groups excluding carboxylic acids is 1. The standard InChI is InChI=1S/C11H11NO2/c1-8-4-3-5-9(2)11(8)14-10(13)6-7-12/h3-5H,6H2,1-2H3. The molecular weight excluding hydrogens is 178 g/mol. The van der Waals surface area contributed by atoms with Crippen molar-refractivity contribution in [2.45, 2.75) is 20.3 Å². The number of carbonyl (C=O) groups is 1. The molecule has 0 heterocycles. The van der Waals surface area contributed by atoms with Crippen molar-refractivity contribution < 1.29 is 9.53 Å². The van der Waals surface area contributed by atoms with Crippen LogP contribution in [0.2, 0.25) is 0 Å². The van der Waals surface area contributed by atoms with Gasteiger partial charge in [0, 0.05) is 0 Å². The van der Waals surface area contributed by atoms with Gasteiger partial charge in [0.2, 0.25) is 0 Å². The van der Waals surface area contributed by atoms with E-state index in [0.29, 0.717) is 5.75 Å². The van der Waals surface area contributed by atoms with Crippen molar-refractivity contribution in [1.29, 1.82) is 5.26 Å². The Labute approximate surface area is 82.9 Å². The van der Waals surface area contributed by atoms with Gasteiger partial charge < -0.3 is 4.74 Å². The summed E-state index contributed by atoms with van der Waals surface area (Å²) < 4.78 is 5.05. The van der Waals surface area contributed by atoms with Crippen LogP contribution in [0.3, 0.4) is 0 Å². The molecule has 3 nitrogen and oxygen atoms in total. The molecule has 0 aliphatic rings. The van der Waals surface area contributed by atoms with Gasteiger partial charge >= 0.3 is 5.97 Å². The zero-order valence-electron chi connectivity index (χ0n) is 8.20. The molecule has 0 bridgehead atoms. The maximum atomic E-state index is 11.1. The highest BCUT2D eigenvalue weighted by atomic mass is 16.5.